The topological polar surface area (TPSA) is 84.9 Å². The average Bonchev–Trinajstić information content (AvgIpc) is 2.97. The Balaban J connectivity index is 1.54. The van der Waals surface area contributed by atoms with Crippen molar-refractivity contribution in [2.75, 3.05) is 32.2 Å². The van der Waals surface area contributed by atoms with Gasteiger partial charge in [0, 0.05) is 35.5 Å². The molecule has 0 aliphatic carbocycles. The van der Waals surface area contributed by atoms with Gasteiger partial charge in [0.05, 0.1) is 7.11 Å². The minimum absolute atomic E-state index is 0.324. The van der Waals surface area contributed by atoms with E-state index < -0.39 is 18.5 Å². The Morgan fingerprint density at radius 1 is 1.10 bits per heavy atom. The van der Waals surface area contributed by atoms with Crippen LogP contribution in [0.2, 0.25) is 0 Å². The van der Waals surface area contributed by atoms with Crippen LogP contribution < -0.4 is 15.0 Å². The second-order valence-corrected chi connectivity index (χ2v) is 7.77. The summed E-state index contributed by atoms with van der Waals surface area (Å²) < 4.78 is 10.1. The van der Waals surface area contributed by atoms with Crippen molar-refractivity contribution in [3.05, 3.63) is 71.4 Å². The molecule has 0 unspecified atom stereocenters. The first-order valence-corrected chi connectivity index (χ1v) is 9.90. The molecular formula is C24H26N2O5. The van der Waals surface area contributed by atoms with Crippen molar-refractivity contribution in [3.63, 3.8) is 0 Å². The van der Waals surface area contributed by atoms with Gasteiger partial charge in [-0.1, -0.05) is 38.1 Å². The quantitative estimate of drug-likeness (QED) is 0.546. The first-order chi connectivity index (χ1) is 14.7. The van der Waals surface area contributed by atoms with Crippen molar-refractivity contribution in [1.29, 1.82) is 0 Å². The molecule has 0 saturated heterocycles. The number of nitrogens with one attached hydrogen (secondary N) is 1. The number of benzene rings is 2. The Kier molecular flexibility index (Phi) is 6.44. The molecule has 7 heteroatoms. The maximum Gasteiger partial charge on any atom is 0.325 e. The van der Waals surface area contributed by atoms with E-state index in [9.17, 15) is 14.4 Å². The monoisotopic (exact) mass is 422 g/mol. The zero-order valence-corrected chi connectivity index (χ0v) is 18.1. The molecule has 1 heterocycles. The number of ether oxygens (including phenoxy) is 2. The number of para-hydroxylation sites is 1. The number of amides is 1. The molecule has 0 saturated carbocycles. The maximum atomic E-state index is 12.4. The summed E-state index contributed by atoms with van der Waals surface area (Å²) >= 11 is 0. The summed E-state index contributed by atoms with van der Waals surface area (Å²) in [7, 11) is 3.41. The van der Waals surface area contributed by atoms with Gasteiger partial charge < -0.3 is 19.7 Å². The minimum atomic E-state index is -0.690. The zero-order valence-electron chi connectivity index (χ0n) is 18.1. The van der Waals surface area contributed by atoms with E-state index in [2.05, 4.69) is 19.2 Å². The molecule has 1 amide bonds. The summed E-state index contributed by atoms with van der Waals surface area (Å²) in [5.74, 6) is -0.910. The smallest absolute Gasteiger partial charge is 0.325 e. The number of ketones is 1. The molecule has 0 aromatic heterocycles. The Hall–Kier alpha value is -3.61. The first kappa shape index (κ1) is 22.1. The molecule has 2 aromatic rings. The lowest BCUT2D eigenvalue weighted by molar-refractivity contribution is -0.145. The molecule has 0 spiro atoms. The number of carbonyl (C=O) groups is 3. The third kappa shape index (κ3) is 4.77. The number of likely N-dealkylation sites (N-methyl/N-ethyl adjacent to an activating group) is 1. The van der Waals surface area contributed by atoms with Crippen LogP contribution in [0.5, 0.6) is 5.75 Å². The third-order valence-electron chi connectivity index (χ3n) is 5.34. The number of methoxy groups -OCH3 is 1. The molecule has 1 N–H and O–H groups in total. The van der Waals surface area contributed by atoms with Crippen molar-refractivity contribution in [2.24, 2.45) is 0 Å². The molecule has 31 heavy (non-hydrogen) atoms. The highest BCUT2D eigenvalue weighted by Crippen LogP contribution is 2.46. The SMILES string of the molecule is COc1cccc(C(=O)NCC(=O)OCC(=O)/C=C2/N(C)c3ccccc3C2(C)C)c1. The number of esters is 1. The van der Waals surface area contributed by atoms with Crippen LogP contribution in [-0.2, 0) is 19.7 Å². The van der Waals surface area contributed by atoms with Crippen LogP contribution in [-0.4, -0.2) is 45.0 Å². The predicted octanol–water partition coefficient (Wildman–Crippen LogP) is 2.85. The number of hydrogen-bond acceptors (Lipinski definition) is 6. The van der Waals surface area contributed by atoms with Crippen molar-refractivity contribution in [1.82, 2.24) is 5.32 Å². The first-order valence-electron chi connectivity index (χ1n) is 9.90. The summed E-state index contributed by atoms with van der Waals surface area (Å²) in [5, 5.41) is 2.47. The molecule has 3 rings (SSSR count). The number of anilines is 1. The van der Waals surface area contributed by atoms with E-state index >= 15 is 0 Å². The minimum Gasteiger partial charge on any atom is -0.497 e. The van der Waals surface area contributed by atoms with Gasteiger partial charge >= 0.3 is 5.97 Å². The van der Waals surface area contributed by atoms with Gasteiger partial charge in [-0.05, 0) is 29.8 Å². The molecule has 0 atom stereocenters. The molecule has 0 fully saturated rings. The largest absolute Gasteiger partial charge is 0.497 e. The lowest BCUT2D eigenvalue weighted by Gasteiger charge is -2.23. The highest BCUT2D eigenvalue weighted by atomic mass is 16.5. The molecule has 1 aliphatic rings. The predicted molar refractivity (Wildman–Crippen MR) is 117 cm³/mol. The van der Waals surface area contributed by atoms with Crippen LogP contribution in [0, 0.1) is 0 Å². The lowest BCUT2D eigenvalue weighted by Crippen LogP contribution is -2.31. The van der Waals surface area contributed by atoms with Gasteiger partial charge in [0.2, 0.25) is 0 Å². The van der Waals surface area contributed by atoms with E-state index in [0.717, 1.165) is 16.9 Å². The van der Waals surface area contributed by atoms with Crippen molar-refractivity contribution >= 4 is 23.3 Å². The van der Waals surface area contributed by atoms with E-state index in [1.165, 1.54) is 13.2 Å². The summed E-state index contributed by atoms with van der Waals surface area (Å²) in [4.78, 5) is 38.5. The van der Waals surface area contributed by atoms with Gasteiger partial charge in [-0.25, -0.2) is 0 Å². The molecular weight excluding hydrogens is 396 g/mol. The number of allylic oxidation sites excluding steroid dienone is 1. The fourth-order valence-electron chi connectivity index (χ4n) is 3.67. The van der Waals surface area contributed by atoms with Crippen LogP contribution in [0.1, 0.15) is 29.8 Å². The second-order valence-electron chi connectivity index (χ2n) is 7.77. The van der Waals surface area contributed by atoms with Crippen LogP contribution in [0.4, 0.5) is 5.69 Å². The number of nitrogens with zero attached hydrogens (tertiary/aromatic N) is 1. The van der Waals surface area contributed by atoms with Crippen LogP contribution >= 0.6 is 0 Å². The van der Waals surface area contributed by atoms with E-state index in [0.29, 0.717) is 11.3 Å². The summed E-state index contributed by atoms with van der Waals surface area (Å²) in [6.45, 7) is 3.37. The molecule has 0 bridgehead atoms. The van der Waals surface area contributed by atoms with Gasteiger partial charge in [-0.2, -0.15) is 0 Å². The molecule has 0 radical (unpaired) electrons. The highest BCUT2D eigenvalue weighted by Gasteiger charge is 2.38. The number of carbonyl (C=O) groups excluding carboxylic acids is 3. The van der Waals surface area contributed by atoms with Crippen LogP contribution in [0.15, 0.2) is 60.3 Å². The van der Waals surface area contributed by atoms with E-state index in [-0.39, 0.29) is 17.7 Å². The fourth-order valence-corrected chi connectivity index (χ4v) is 3.67. The molecule has 162 valence electrons. The average molecular weight is 422 g/mol. The van der Waals surface area contributed by atoms with Crippen molar-refractivity contribution in [3.8, 4) is 5.75 Å². The standard InChI is InChI=1S/C24H26N2O5/c1-24(2)19-10-5-6-11-20(19)26(3)21(24)13-17(27)15-31-22(28)14-25-23(29)16-8-7-9-18(12-16)30-4/h5-13H,14-15H2,1-4H3,(H,25,29)/b21-13+. The summed E-state index contributed by atoms with van der Waals surface area (Å²) in [6.07, 6.45) is 1.52. The van der Waals surface area contributed by atoms with E-state index in [4.69, 9.17) is 9.47 Å². The Morgan fingerprint density at radius 2 is 1.84 bits per heavy atom. The number of rotatable bonds is 7. The van der Waals surface area contributed by atoms with Gasteiger partial charge in [0.1, 0.15) is 12.3 Å². The summed E-state index contributed by atoms with van der Waals surface area (Å²) in [5.41, 5.74) is 3.04. The normalized spacial score (nSPS) is 15.4. The molecule has 2 aromatic carbocycles. The molecule has 7 nitrogen and oxygen atoms in total. The van der Waals surface area contributed by atoms with Crippen LogP contribution in [0.3, 0.4) is 0 Å². The Labute approximate surface area is 181 Å². The zero-order chi connectivity index (χ0) is 22.6. The highest BCUT2D eigenvalue weighted by molar-refractivity contribution is 5.97. The number of fused-ring (bicyclic) bond motifs is 1. The van der Waals surface area contributed by atoms with E-state index in [1.807, 2.05) is 36.2 Å². The molecule has 1 aliphatic heterocycles. The third-order valence-corrected chi connectivity index (χ3v) is 5.34. The Morgan fingerprint density at radius 3 is 2.55 bits per heavy atom. The Bertz CT molecular complexity index is 1040. The second kappa shape index (κ2) is 9.04. The van der Waals surface area contributed by atoms with Gasteiger partial charge in [0.25, 0.3) is 5.91 Å². The van der Waals surface area contributed by atoms with Crippen molar-refractivity contribution in [2.45, 2.75) is 19.3 Å². The maximum absolute atomic E-state index is 12.4. The van der Waals surface area contributed by atoms with Gasteiger partial charge in [-0.3, -0.25) is 14.4 Å². The van der Waals surface area contributed by atoms with E-state index in [1.54, 1.807) is 24.3 Å². The number of hydrogen-bond donors (Lipinski definition) is 1. The fraction of sp³-hybridized carbons (Fsp3) is 0.292. The lowest BCUT2D eigenvalue weighted by atomic mass is 9.83. The van der Waals surface area contributed by atoms with Crippen LogP contribution in [0.25, 0.3) is 0 Å². The van der Waals surface area contributed by atoms with Crippen molar-refractivity contribution < 1.29 is 23.9 Å². The summed E-state index contributed by atoms with van der Waals surface area (Å²) in [6, 6.07) is 14.5. The van der Waals surface area contributed by atoms with Gasteiger partial charge in [-0.15, -0.1) is 0 Å². The van der Waals surface area contributed by atoms with Gasteiger partial charge in [0.15, 0.2) is 12.4 Å².